The zero-order valence-electron chi connectivity index (χ0n) is 15.2. The molecule has 0 fully saturated rings. The molecular formula is C19H22N4O3S. The quantitative estimate of drug-likeness (QED) is 0.624. The van der Waals surface area contributed by atoms with Gasteiger partial charge >= 0.3 is 6.03 Å². The van der Waals surface area contributed by atoms with Crippen molar-refractivity contribution in [3.05, 3.63) is 64.6 Å². The predicted molar refractivity (Wildman–Crippen MR) is 104 cm³/mol. The van der Waals surface area contributed by atoms with Gasteiger partial charge in [-0.2, -0.15) is 16.4 Å². The molecule has 0 aliphatic rings. The molecule has 1 atom stereocenters. The van der Waals surface area contributed by atoms with Crippen LogP contribution < -0.4 is 20.1 Å². The van der Waals surface area contributed by atoms with Gasteiger partial charge in [0.25, 0.3) is 0 Å². The second-order valence-corrected chi connectivity index (χ2v) is 6.59. The Labute approximate surface area is 161 Å². The number of nitrogens with zero attached hydrogens (tertiary/aromatic N) is 2. The number of thiophene rings is 1. The van der Waals surface area contributed by atoms with Crippen molar-refractivity contribution in [2.24, 2.45) is 0 Å². The third kappa shape index (κ3) is 4.79. The highest BCUT2D eigenvalue weighted by molar-refractivity contribution is 7.07. The molecule has 2 amide bonds. The van der Waals surface area contributed by atoms with Crippen LogP contribution in [0.2, 0.25) is 0 Å². The summed E-state index contributed by atoms with van der Waals surface area (Å²) in [7, 11) is 3.17. The molecule has 1 aromatic carbocycles. The van der Waals surface area contributed by atoms with E-state index in [4.69, 9.17) is 9.47 Å². The first-order valence-electron chi connectivity index (χ1n) is 8.45. The maximum atomic E-state index is 12.2. The van der Waals surface area contributed by atoms with Crippen LogP contribution in [0.5, 0.6) is 11.5 Å². The van der Waals surface area contributed by atoms with E-state index in [0.29, 0.717) is 24.6 Å². The van der Waals surface area contributed by atoms with Crippen molar-refractivity contribution in [2.75, 3.05) is 20.8 Å². The van der Waals surface area contributed by atoms with E-state index >= 15 is 0 Å². The standard InChI is InChI=1S/C19H22N4O3S/c1-25-17-5-4-14(10-18(17)26-2)11-20-19(24)21-12-16(15-6-9-27-13-15)23-8-3-7-22-23/h3-10,13,16H,11-12H2,1-2H3,(H2,20,21,24)/t16-/m1/s1. The van der Waals surface area contributed by atoms with Gasteiger partial charge in [0.15, 0.2) is 11.5 Å². The first kappa shape index (κ1) is 18.8. The summed E-state index contributed by atoms with van der Waals surface area (Å²) in [5.74, 6) is 1.29. The molecule has 0 saturated carbocycles. The summed E-state index contributed by atoms with van der Waals surface area (Å²) in [5, 5.41) is 14.2. The number of amides is 2. The van der Waals surface area contributed by atoms with E-state index in [0.717, 1.165) is 11.1 Å². The number of benzene rings is 1. The van der Waals surface area contributed by atoms with Crippen LogP contribution in [-0.4, -0.2) is 36.6 Å². The van der Waals surface area contributed by atoms with Gasteiger partial charge in [-0.25, -0.2) is 4.79 Å². The second kappa shape index (κ2) is 9.09. The molecule has 2 aromatic heterocycles. The molecule has 3 aromatic rings. The number of urea groups is 1. The summed E-state index contributed by atoms with van der Waals surface area (Å²) in [4.78, 5) is 12.2. The first-order valence-corrected chi connectivity index (χ1v) is 9.39. The predicted octanol–water partition coefficient (Wildman–Crippen LogP) is 3.05. The lowest BCUT2D eigenvalue weighted by Gasteiger charge is -2.18. The van der Waals surface area contributed by atoms with E-state index in [1.54, 1.807) is 31.8 Å². The van der Waals surface area contributed by atoms with E-state index in [-0.39, 0.29) is 12.1 Å². The Kier molecular flexibility index (Phi) is 6.32. The summed E-state index contributed by atoms with van der Waals surface area (Å²) in [6, 6.07) is 9.18. The minimum absolute atomic E-state index is 0.0434. The maximum Gasteiger partial charge on any atom is 0.315 e. The van der Waals surface area contributed by atoms with Crippen molar-refractivity contribution < 1.29 is 14.3 Å². The van der Waals surface area contributed by atoms with Crippen LogP contribution in [0.1, 0.15) is 17.2 Å². The number of carbonyl (C=O) groups is 1. The van der Waals surface area contributed by atoms with E-state index in [2.05, 4.69) is 21.1 Å². The molecule has 0 bridgehead atoms. The average Bonchev–Trinajstić information content (AvgIpc) is 3.41. The maximum absolute atomic E-state index is 12.2. The lowest BCUT2D eigenvalue weighted by molar-refractivity contribution is 0.239. The minimum Gasteiger partial charge on any atom is -0.493 e. The van der Waals surface area contributed by atoms with Gasteiger partial charge in [-0.05, 0) is 46.2 Å². The fourth-order valence-corrected chi connectivity index (χ4v) is 3.43. The molecule has 2 heterocycles. The monoisotopic (exact) mass is 386 g/mol. The molecular weight excluding hydrogens is 364 g/mol. The summed E-state index contributed by atoms with van der Waals surface area (Å²) in [6.07, 6.45) is 3.63. The Morgan fingerprint density at radius 3 is 2.74 bits per heavy atom. The molecule has 7 nitrogen and oxygen atoms in total. The number of carbonyl (C=O) groups excluding carboxylic acids is 1. The molecule has 0 saturated heterocycles. The third-order valence-corrected chi connectivity index (χ3v) is 4.83. The number of rotatable bonds is 8. The number of aromatic nitrogens is 2. The van der Waals surface area contributed by atoms with Crippen molar-refractivity contribution in [1.82, 2.24) is 20.4 Å². The number of methoxy groups -OCH3 is 2. The Morgan fingerprint density at radius 2 is 2.07 bits per heavy atom. The van der Waals surface area contributed by atoms with Gasteiger partial charge in [-0.1, -0.05) is 6.07 Å². The molecule has 0 aliphatic carbocycles. The highest BCUT2D eigenvalue weighted by atomic mass is 32.1. The molecule has 8 heteroatoms. The molecule has 0 radical (unpaired) electrons. The van der Waals surface area contributed by atoms with Gasteiger partial charge in [0.05, 0.1) is 20.3 Å². The lowest BCUT2D eigenvalue weighted by Crippen LogP contribution is -2.38. The fourth-order valence-electron chi connectivity index (χ4n) is 2.72. The number of hydrogen-bond acceptors (Lipinski definition) is 5. The van der Waals surface area contributed by atoms with Gasteiger partial charge < -0.3 is 20.1 Å². The van der Waals surface area contributed by atoms with Crippen LogP contribution in [0.3, 0.4) is 0 Å². The van der Waals surface area contributed by atoms with E-state index < -0.39 is 0 Å². The number of ether oxygens (including phenoxy) is 2. The van der Waals surface area contributed by atoms with Crippen LogP contribution in [0, 0.1) is 0 Å². The van der Waals surface area contributed by atoms with Gasteiger partial charge in [0.1, 0.15) is 0 Å². The lowest BCUT2D eigenvalue weighted by atomic mass is 10.1. The SMILES string of the molecule is COc1ccc(CNC(=O)NC[C@H](c2ccsc2)n2cccn2)cc1OC. The summed E-state index contributed by atoms with van der Waals surface area (Å²) in [6.45, 7) is 0.827. The third-order valence-electron chi connectivity index (χ3n) is 4.13. The smallest absolute Gasteiger partial charge is 0.315 e. The summed E-state index contributed by atoms with van der Waals surface area (Å²) >= 11 is 1.62. The van der Waals surface area contributed by atoms with Crippen molar-refractivity contribution >= 4 is 17.4 Å². The van der Waals surface area contributed by atoms with Gasteiger partial charge in [-0.15, -0.1) is 0 Å². The minimum atomic E-state index is -0.239. The first-order chi connectivity index (χ1) is 13.2. The van der Waals surface area contributed by atoms with Crippen LogP contribution in [0.25, 0.3) is 0 Å². The van der Waals surface area contributed by atoms with E-state index in [9.17, 15) is 4.79 Å². The van der Waals surface area contributed by atoms with Gasteiger partial charge in [-0.3, -0.25) is 4.68 Å². The summed E-state index contributed by atoms with van der Waals surface area (Å²) in [5.41, 5.74) is 2.04. The number of nitrogens with one attached hydrogen (secondary N) is 2. The van der Waals surface area contributed by atoms with Crippen LogP contribution in [-0.2, 0) is 6.54 Å². The van der Waals surface area contributed by atoms with Crippen molar-refractivity contribution in [3.8, 4) is 11.5 Å². The fraction of sp³-hybridized carbons (Fsp3) is 0.263. The average molecular weight is 386 g/mol. The van der Waals surface area contributed by atoms with Crippen LogP contribution >= 0.6 is 11.3 Å². The highest BCUT2D eigenvalue weighted by Gasteiger charge is 2.15. The largest absolute Gasteiger partial charge is 0.493 e. The van der Waals surface area contributed by atoms with Crippen molar-refractivity contribution in [3.63, 3.8) is 0 Å². The Morgan fingerprint density at radius 1 is 1.22 bits per heavy atom. The molecule has 2 N–H and O–H groups in total. The van der Waals surface area contributed by atoms with Gasteiger partial charge in [0.2, 0.25) is 0 Å². The van der Waals surface area contributed by atoms with Crippen LogP contribution in [0.4, 0.5) is 4.79 Å². The molecule has 142 valence electrons. The molecule has 3 rings (SSSR count). The molecule has 27 heavy (non-hydrogen) atoms. The van der Waals surface area contributed by atoms with Crippen molar-refractivity contribution in [2.45, 2.75) is 12.6 Å². The highest BCUT2D eigenvalue weighted by Crippen LogP contribution is 2.27. The van der Waals surface area contributed by atoms with E-state index in [1.807, 2.05) is 46.6 Å². The number of hydrogen-bond donors (Lipinski definition) is 2. The van der Waals surface area contributed by atoms with Crippen molar-refractivity contribution in [1.29, 1.82) is 0 Å². The topological polar surface area (TPSA) is 77.4 Å². The molecule has 0 unspecified atom stereocenters. The van der Waals surface area contributed by atoms with Gasteiger partial charge in [0, 0.05) is 25.5 Å². The molecule has 0 aliphatic heterocycles. The zero-order valence-corrected chi connectivity index (χ0v) is 16.0. The Bertz CT molecular complexity index is 816. The second-order valence-electron chi connectivity index (χ2n) is 5.81. The summed E-state index contributed by atoms with van der Waals surface area (Å²) < 4.78 is 12.3. The zero-order chi connectivity index (χ0) is 19.1. The van der Waals surface area contributed by atoms with Crippen LogP contribution in [0.15, 0.2) is 53.5 Å². The Balaban J connectivity index is 1.56. The normalized spacial score (nSPS) is 11.6. The Hall–Kier alpha value is -3.00. The van der Waals surface area contributed by atoms with E-state index in [1.165, 1.54) is 0 Å². The molecule has 0 spiro atoms.